The SMILES string of the molecule is OC1CCCCC1CNC1CCc2c(Br)cccc21. The van der Waals surface area contributed by atoms with Gasteiger partial charge in [0, 0.05) is 17.1 Å². The summed E-state index contributed by atoms with van der Waals surface area (Å²) in [4.78, 5) is 0. The highest BCUT2D eigenvalue weighted by Gasteiger charge is 2.27. The van der Waals surface area contributed by atoms with Crippen molar-refractivity contribution in [2.24, 2.45) is 5.92 Å². The Hall–Kier alpha value is -0.380. The zero-order valence-electron chi connectivity index (χ0n) is 11.2. The van der Waals surface area contributed by atoms with Crippen LogP contribution in [0.3, 0.4) is 0 Å². The third-order valence-electron chi connectivity index (χ3n) is 4.71. The van der Waals surface area contributed by atoms with Gasteiger partial charge < -0.3 is 10.4 Å². The third-order valence-corrected chi connectivity index (χ3v) is 5.45. The molecule has 0 aromatic heterocycles. The maximum atomic E-state index is 10.0. The van der Waals surface area contributed by atoms with Gasteiger partial charge in [0.1, 0.15) is 0 Å². The Bertz CT molecular complexity index is 448. The molecule has 0 aliphatic heterocycles. The van der Waals surface area contributed by atoms with Gasteiger partial charge in [-0.1, -0.05) is 40.9 Å². The molecule has 0 bridgehead atoms. The summed E-state index contributed by atoms with van der Waals surface area (Å²) in [6.07, 6.45) is 6.87. The Kier molecular flexibility index (Phi) is 4.25. The highest BCUT2D eigenvalue weighted by molar-refractivity contribution is 9.10. The van der Waals surface area contributed by atoms with Crippen molar-refractivity contribution in [1.82, 2.24) is 5.32 Å². The molecule has 0 spiro atoms. The fourth-order valence-corrected chi connectivity index (χ4v) is 4.12. The number of hydrogen-bond donors (Lipinski definition) is 2. The number of hydrogen-bond acceptors (Lipinski definition) is 2. The molecule has 3 atom stereocenters. The lowest BCUT2D eigenvalue weighted by atomic mass is 9.86. The van der Waals surface area contributed by atoms with Crippen molar-refractivity contribution in [2.75, 3.05) is 6.54 Å². The highest BCUT2D eigenvalue weighted by Crippen LogP contribution is 2.36. The first-order valence-corrected chi connectivity index (χ1v) is 8.23. The smallest absolute Gasteiger partial charge is 0.0580 e. The van der Waals surface area contributed by atoms with Crippen molar-refractivity contribution < 1.29 is 5.11 Å². The van der Waals surface area contributed by atoms with Gasteiger partial charge in [0.25, 0.3) is 0 Å². The molecule has 1 aromatic rings. The van der Waals surface area contributed by atoms with Crippen LogP contribution in [0.15, 0.2) is 22.7 Å². The molecule has 3 rings (SSSR count). The first kappa shape index (κ1) is 13.6. The van der Waals surface area contributed by atoms with Gasteiger partial charge in [-0.05, 0) is 48.8 Å². The molecule has 0 saturated heterocycles. The Morgan fingerprint density at radius 2 is 2.05 bits per heavy atom. The van der Waals surface area contributed by atoms with Gasteiger partial charge in [-0.15, -0.1) is 0 Å². The fraction of sp³-hybridized carbons (Fsp3) is 0.625. The normalized spacial score (nSPS) is 30.3. The van der Waals surface area contributed by atoms with Crippen molar-refractivity contribution in [1.29, 1.82) is 0 Å². The molecule has 0 amide bonds. The summed E-state index contributed by atoms with van der Waals surface area (Å²) in [5.74, 6) is 0.449. The minimum atomic E-state index is -0.0929. The summed E-state index contributed by atoms with van der Waals surface area (Å²) in [6, 6.07) is 6.97. The number of rotatable bonds is 3. The molecular formula is C16H22BrNO. The van der Waals surface area contributed by atoms with Crippen LogP contribution in [-0.4, -0.2) is 17.8 Å². The second kappa shape index (κ2) is 5.94. The van der Waals surface area contributed by atoms with E-state index in [1.54, 1.807) is 0 Å². The molecule has 2 N–H and O–H groups in total. The number of halogens is 1. The molecule has 0 heterocycles. The van der Waals surface area contributed by atoms with Crippen LogP contribution in [0.1, 0.15) is 49.3 Å². The maximum Gasteiger partial charge on any atom is 0.0580 e. The summed E-state index contributed by atoms with van der Waals surface area (Å²) >= 11 is 3.64. The van der Waals surface area contributed by atoms with Gasteiger partial charge in [-0.25, -0.2) is 0 Å². The lowest BCUT2D eigenvalue weighted by Crippen LogP contribution is -2.35. The Morgan fingerprint density at radius 3 is 2.89 bits per heavy atom. The molecule has 2 nitrogen and oxygen atoms in total. The summed E-state index contributed by atoms with van der Waals surface area (Å²) in [5, 5.41) is 13.7. The van der Waals surface area contributed by atoms with Gasteiger partial charge in [0.15, 0.2) is 0 Å². The van der Waals surface area contributed by atoms with Crippen LogP contribution in [0.5, 0.6) is 0 Å². The van der Waals surface area contributed by atoms with Crippen LogP contribution in [0.25, 0.3) is 0 Å². The van der Waals surface area contributed by atoms with Crippen molar-refractivity contribution in [3.63, 3.8) is 0 Å². The molecule has 2 aliphatic rings. The van der Waals surface area contributed by atoms with E-state index in [9.17, 15) is 5.11 Å². The van der Waals surface area contributed by atoms with E-state index in [1.807, 2.05) is 0 Å². The molecule has 104 valence electrons. The summed E-state index contributed by atoms with van der Waals surface area (Å²) in [7, 11) is 0. The van der Waals surface area contributed by atoms with Crippen molar-refractivity contribution >= 4 is 15.9 Å². The van der Waals surface area contributed by atoms with Crippen molar-refractivity contribution in [2.45, 2.75) is 50.7 Å². The van der Waals surface area contributed by atoms with E-state index in [0.29, 0.717) is 12.0 Å². The van der Waals surface area contributed by atoms with Crippen LogP contribution in [-0.2, 0) is 6.42 Å². The predicted octanol–water partition coefficient (Wildman–Crippen LogP) is 3.58. The third kappa shape index (κ3) is 2.88. The Balaban J connectivity index is 1.62. The van der Waals surface area contributed by atoms with Crippen molar-refractivity contribution in [3.05, 3.63) is 33.8 Å². The molecular weight excluding hydrogens is 302 g/mol. The molecule has 1 fully saturated rings. The number of aliphatic hydroxyl groups is 1. The first-order valence-electron chi connectivity index (χ1n) is 7.44. The second-order valence-corrected chi connectivity index (χ2v) is 6.77. The number of benzene rings is 1. The average molecular weight is 324 g/mol. The molecule has 1 aromatic carbocycles. The van der Waals surface area contributed by atoms with Crippen LogP contribution in [0, 0.1) is 5.92 Å². The van der Waals surface area contributed by atoms with E-state index < -0.39 is 0 Å². The second-order valence-electron chi connectivity index (χ2n) is 5.92. The van der Waals surface area contributed by atoms with Gasteiger partial charge in [-0.2, -0.15) is 0 Å². The molecule has 0 radical (unpaired) electrons. The Morgan fingerprint density at radius 1 is 1.21 bits per heavy atom. The highest BCUT2D eigenvalue weighted by atomic mass is 79.9. The molecule has 1 saturated carbocycles. The minimum absolute atomic E-state index is 0.0929. The summed E-state index contributed by atoms with van der Waals surface area (Å²) < 4.78 is 1.24. The van der Waals surface area contributed by atoms with E-state index in [1.165, 1.54) is 41.3 Å². The largest absolute Gasteiger partial charge is 0.393 e. The standard InChI is InChI=1S/C16H22BrNO/c17-14-6-3-5-13-12(14)8-9-15(13)18-10-11-4-1-2-7-16(11)19/h3,5-6,11,15-16,18-19H,1-2,4,7-10H2. The van der Waals surface area contributed by atoms with E-state index in [0.717, 1.165) is 19.4 Å². The van der Waals surface area contributed by atoms with Gasteiger partial charge in [0.05, 0.1) is 6.10 Å². The number of fused-ring (bicyclic) bond motifs is 1. The van der Waals surface area contributed by atoms with Crippen LogP contribution in [0.4, 0.5) is 0 Å². The van der Waals surface area contributed by atoms with E-state index in [-0.39, 0.29) is 6.10 Å². The lowest BCUT2D eigenvalue weighted by molar-refractivity contribution is 0.0681. The molecule has 3 heteroatoms. The first-order chi connectivity index (χ1) is 9.25. The van der Waals surface area contributed by atoms with Crippen LogP contribution < -0.4 is 5.32 Å². The van der Waals surface area contributed by atoms with Crippen LogP contribution in [0.2, 0.25) is 0 Å². The zero-order chi connectivity index (χ0) is 13.2. The minimum Gasteiger partial charge on any atom is -0.393 e. The van der Waals surface area contributed by atoms with Crippen molar-refractivity contribution in [3.8, 4) is 0 Å². The van der Waals surface area contributed by atoms with Gasteiger partial charge in [0.2, 0.25) is 0 Å². The summed E-state index contributed by atoms with van der Waals surface area (Å²) in [6.45, 7) is 0.956. The number of nitrogens with one attached hydrogen (secondary N) is 1. The Labute approximate surface area is 123 Å². The van der Waals surface area contributed by atoms with E-state index >= 15 is 0 Å². The fourth-order valence-electron chi connectivity index (χ4n) is 3.54. The zero-order valence-corrected chi connectivity index (χ0v) is 12.8. The number of aliphatic hydroxyl groups excluding tert-OH is 1. The maximum absolute atomic E-state index is 10.0. The van der Waals surface area contributed by atoms with E-state index in [4.69, 9.17) is 0 Å². The monoisotopic (exact) mass is 323 g/mol. The topological polar surface area (TPSA) is 32.3 Å². The van der Waals surface area contributed by atoms with Crippen LogP contribution >= 0.6 is 15.9 Å². The molecule has 3 unspecified atom stereocenters. The summed E-state index contributed by atoms with van der Waals surface area (Å²) in [5.41, 5.74) is 2.91. The molecule has 2 aliphatic carbocycles. The quantitative estimate of drug-likeness (QED) is 0.891. The lowest BCUT2D eigenvalue weighted by Gasteiger charge is -2.29. The van der Waals surface area contributed by atoms with Gasteiger partial charge in [-0.3, -0.25) is 0 Å². The predicted molar refractivity (Wildman–Crippen MR) is 81.2 cm³/mol. The van der Waals surface area contributed by atoms with E-state index in [2.05, 4.69) is 39.4 Å². The molecule has 19 heavy (non-hydrogen) atoms. The van der Waals surface area contributed by atoms with Gasteiger partial charge >= 0.3 is 0 Å². The average Bonchev–Trinajstić information content (AvgIpc) is 2.83.